The van der Waals surface area contributed by atoms with Gasteiger partial charge in [0.25, 0.3) is 0 Å². The number of fused-ring (bicyclic) bond motifs is 2. The van der Waals surface area contributed by atoms with Gasteiger partial charge in [-0.15, -0.1) is 0 Å². The van der Waals surface area contributed by atoms with Crippen LogP contribution in [0, 0.1) is 6.92 Å². The Labute approximate surface area is 219 Å². The van der Waals surface area contributed by atoms with Crippen LogP contribution >= 0.6 is 0 Å². The van der Waals surface area contributed by atoms with Crippen molar-refractivity contribution in [1.82, 2.24) is 34.1 Å². The number of hydrogen-bond acceptors (Lipinski definition) is 8. The van der Waals surface area contributed by atoms with Crippen LogP contribution in [0.1, 0.15) is 12.0 Å². The van der Waals surface area contributed by atoms with Gasteiger partial charge in [0.05, 0.1) is 11.7 Å². The molecule has 38 heavy (non-hydrogen) atoms. The summed E-state index contributed by atoms with van der Waals surface area (Å²) in [5, 5.41) is 12.0. The van der Waals surface area contributed by atoms with E-state index in [1.807, 2.05) is 67.3 Å². The molecule has 4 aromatic heterocycles. The normalized spacial score (nSPS) is 15.2. The molecule has 6 rings (SSSR count). The number of likely N-dealkylation sites (N-methyl/N-ethyl adjacent to an activating group) is 1. The molecule has 0 aliphatic carbocycles. The van der Waals surface area contributed by atoms with Crippen molar-refractivity contribution in [3.8, 4) is 11.5 Å². The summed E-state index contributed by atoms with van der Waals surface area (Å²) in [5.41, 5.74) is 4.47. The number of nitrogens with zero attached hydrogens (tertiary/aromatic N) is 8. The monoisotopic (exact) mass is 509 g/mol. The zero-order chi connectivity index (χ0) is 26.2. The fraction of sp³-hybridized carbons (Fsp3) is 0.222. The maximum atomic E-state index is 12.1. The van der Waals surface area contributed by atoms with E-state index in [0.29, 0.717) is 11.6 Å². The topological polar surface area (TPSA) is 105 Å². The second-order valence-corrected chi connectivity index (χ2v) is 9.28. The molecule has 5 heterocycles. The van der Waals surface area contributed by atoms with Crippen LogP contribution in [-0.4, -0.2) is 66.2 Å². The third-order valence-corrected chi connectivity index (χ3v) is 6.92. The molecule has 11 nitrogen and oxygen atoms in total. The average molecular weight is 510 g/mol. The summed E-state index contributed by atoms with van der Waals surface area (Å²) in [6.07, 6.45) is 9.03. The van der Waals surface area contributed by atoms with E-state index >= 15 is 0 Å². The van der Waals surface area contributed by atoms with E-state index in [1.165, 1.54) is 18.7 Å². The Morgan fingerprint density at radius 2 is 1.95 bits per heavy atom. The van der Waals surface area contributed by atoms with E-state index in [2.05, 4.69) is 37.0 Å². The van der Waals surface area contributed by atoms with Crippen molar-refractivity contribution in [3.05, 3.63) is 79.7 Å². The minimum absolute atomic E-state index is 0.0637. The highest BCUT2D eigenvalue weighted by molar-refractivity contribution is 5.88. The maximum absolute atomic E-state index is 12.1. The fourth-order valence-electron chi connectivity index (χ4n) is 4.85. The van der Waals surface area contributed by atoms with Crippen LogP contribution in [0.15, 0.2) is 74.1 Å². The number of benzene rings is 1. The van der Waals surface area contributed by atoms with Crippen LogP contribution in [0.4, 0.5) is 17.2 Å². The molecule has 1 aliphatic heterocycles. The highest BCUT2D eigenvalue weighted by Crippen LogP contribution is 2.34. The maximum Gasteiger partial charge on any atom is 0.246 e. The molecule has 192 valence electrons. The number of pyridine rings is 1. The molecule has 1 saturated heterocycles. The number of nitrogens with one attached hydrogen (secondary N) is 1. The third kappa shape index (κ3) is 4.27. The van der Waals surface area contributed by atoms with E-state index in [9.17, 15) is 4.79 Å². The summed E-state index contributed by atoms with van der Waals surface area (Å²) in [4.78, 5) is 24.9. The number of anilines is 3. The molecule has 1 atom stereocenters. The van der Waals surface area contributed by atoms with Crippen molar-refractivity contribution in [2.75, 3.05) is 30.4 Å². The lowest BCUT2D eigenvalue weighted by molar-refractivity contribution is -0.126. The molecule has 1 amide bonds. The highest BCUT2D eigenvalue weighted by atomic mass is 16.5. The number of carbonyl (C=O) groups excluding carboxylic acids is 1. The molecule has 0 spiro atoms. The van der Waals surface area contributed by atoms with Crippen molar-refractivity contribution < 1.29 is 9.53 Å². The molecule has 1 fully saturated rings. The Morgan fingerprint density at radius 1 is 1.13 bits per heavy atom. The number of aryl methyl sites for hydroxylation is 1. The first kappa shape index (κ1) is 23.5. The van der Waals surface area contributed by atoms with Crippen molar-refractivity contribution >= 4 is 34.3 Å². The van der Waals surface area contributed by atoms with Crippen molar-refractivity contribution in [2.45, 2.75) is 19.4 Å². The first-order chi connectivity index (χ1) is 18.5. The molecule has 5 aromatic rings. The Balaban J connectivity index is 1.23. The molecule has 0 bridgehead atoms. The quantitative estimate of drug-likeness (QED) is 0.330. The lowest BCUT2D eigenvalue weighted by Gasteiger charge is -2.24. The molecule has 11 heteroatoms. The van der Waals surface area contributed by atoms with Crippen LogP contribution in [-0.2, 0) is 4.79 Å². The Kier molecular flexibility index (Phi) is 5.87. The second-order valence-electron chi connectivity index (χ2n) is 9.28. The molecule has 1 unspecified atom stereocenters. The van der Waals surface area contributed by atoms with E-state index in [4.69, 9.17) is 4.74 Å². The van der Waals surface area contributed by atoms with Gasteiger partial charge in [-0.25, -0.2) is 19.0 Å². The van der Waals surface area contributed by atoms with E-state index < -0.39 is 0 Å². The number of ether oxygens (including phenoxy) is 1. The minimum Gasteiger partial charge on any atom is -0.457 e. The summed E-state index contributed by atoms with van der Waals surface area (Å²) in [6.45, 7) is 7.17. The zero-order valence-electron chi connectivity index (χ0n) is 21.2. The van der Waals surface area contributed by atoms with Crippen LogP contribution in [0.2, 0.25) is 0 Å². The Bertz CT molecular complexity index is 1660. The van der Waals surface area contributed by atoms with Crippen molar-refractivity contribution in [1.29, 1.82) is 0 Å². The number of carbonyl (C=O) groups is 1. The highest BCUT2D eigenvalue weighted by Gasteiger charge is 2.29. The van der Waals surface area contributed by atoms with Gasteiger partial charge in [0.1, 0.15) is 29.7 Å². The predicted molar refractivity (Wildman–Crippen MR) is 144 cm³/mol. The van der Waals surface area contributed by atoms with Gasteiger partial charge in [-0.05, 0) is 55.3 Å². The standard InChI is InChI=1S/C27H27N9O2/c1-4-25(37)33(3)20-7-10-34(15-20)22-9-12-36-26(22)27(29-17-31-36)32-19-5-6-23(18(2)13-19)38-21-8-11-35-24(14-21)28-16-30-35/h4-6,8-9,11-14,16-17,20H,1,7,10,15H2,2-3H3,(H,29,31,32). The number of aromatic nitrogens is 6. The second kappa shape index (κ2) is 9.51. The number of hydrogen-bond donors (Lipinski definition) is 1. The fourth-order valence-corrected chi connectivity index (χ4v) is 4.85. The van der Waals surface area contributed by atoms with Crippen LogP contribution < -0.4 is 15.0 Å². The van der Waals surface area contributed by atoms with Crippen molar-refractivity contribution in [2.24, 2.45) is 0 Å². The van der Waals surface area contributed by atoms with Crippen LogP contribution in [0.3, 0.4) is 0 Å². The predicted octanol–water partition coefficient (Wildman–Crippen LogP) is 3.84. The molecule has 1 aliphatic rings. The van der Waals surface area contributed by atoms with Gasteiger partial charge in [-0.2, -0.15) is 10.2 Å². The van der Waals surface area contributed by atoms with Gasteiger partial charge in [-0.3, -0.25) is 4.79 Å². The number of rotatable bonds is 7. The van der Waals surface area contributed by atoms with E-state index in [0.717, 1.165) is 53.4 Å². The molecule has 1 aromatic carbocycles. The number of amides is 1. The first-order valence-electron chi connectivity index (χ1n) is 12.3. The molecule has 0 radical (unpaired) electrons. The summed E-state index contributed by atoms with van der Waals surface area (Å²) < 4.78 is 9.62. The minimum atomic E-state index is -0.0637. The largest absolute Gasteiger partial charge is 0.457 e. The molecular weight excluding hydrogens is 482 g/mol. The van der Waals surface area contributed by atoms with Crippen molar-refractivity contribution in [3.63, 3.8) is 0 Å². The van der Waals surface area contributed by atoms with Gasteiger partial charge < -0.3 is 19.9 Å². The van der Waals surface area contributed by atoms with E-state index in [-0.39, 0.29) is 11.9 Å². The lowest BCUT2D eigenvalue weighted by atomic mass is 10.2. The summed E-state index contributed by atoms with van der Waals surface area (Å²) in [7, 11) is 1.83. The average Bonchev–Trinajstić information content (AvgIpc) is 3.68. The van der Waals surface area contributed by atoms with Gasteiger partial charge in [-0.1, -0.05) is 6.58 Å². The van der Waals surface area contributed by atoms with Gasteiger partial charge in [0, 0.05) is 44.3 Å². The summed E-state index contributed by atoms with van der Waals surface area (Å²) >= 11 is 0. The lowest BCUT2D eigenvalue weighted by Crippen LogP contribution is -2.38. The van der Waals surface area contributed by atoms with Gasteiger partial charge >= 0.3 is 0 Å². The smallest absolute Gasteiger partial charge is 0.246 e. The van der Waals surface area contributed by atoms with Gasteiger partial charge in [0.2, 0.25) is 5.91 Å². The third-order valence-electron chi connectivity index (χ3n) is 6.92. The van der Waals surface area contributed by atoms with Crippen LogP contribution in [0.5, 0.6) is 11.5 Å². The molecule has 0 saturated carbocycles. The zero-order valence-corrected chi connectivity index (χ0v) is 21.2. The molecule has 1 N–H and O–H groups in total. The Hall–Kier alpha value is -4.93. The molecular formula is C27H27N9O2. The van der Waals surface area contributed by atoms with Gasteiger partial charge in [0.15, 0.2) is 11.5 Å². The van der Waals surface area contributed by atoms with E-state index in [1.54, 1.807) is 9.42 Å². The summed E-state index contributed by atoms with van der Waals surface area (Å²) in [6, 6.07) is 11.8. The summed E-state index contributed by atoms with van der Waals surface area (Å²) in [5.74, 6) is 2.07. The SMILES string of the molecule is C=CC(=O)N(C)C1CCN(c2ccn3ncnc(Nc4ccc(Oc5ccn6ncnc6c5)c(C)c4)c23)C1. The van der Waals surface area contributed by atoms with Crippen LogP contribution in [0.25, 0.3) is 11.2 Å². The Morgan fingerprint density at radius 3 is 2.79 bits per heavy atom. The first-order valence-corrected chi connectivity index (χ1v) is 12.3.